The summed E-state index contributed by atoms with van der Waals surface area (Å²) in [6, 6.07) is 8.78. The van der Waals surface area contributed by atoms with Gasteiger partial charge in [-0.1, -0.05) is 6.58 Å². The third-order valence-electron chi connectivity index (χ3n) is 4.34. The molecular weight excluding hydrogens is 343 g/mol. The van der Waals surface area contributed by atoms with Crippen molar-refractivity contribution in [2.75, 3.05) is 18.0 Å². The predicted molar refractivity (Wildman–Crippen MR) is 93.1 cm³/mol. The molecule has 1 aromatic heterocycles. The number of aromatic nitrogens is 1. The fourth-order valence-corrected chi connectivity index (χ4v) is 3.06. The summed E-state index contributed by atoms with van der Waals surface area (Å²) >= 11 is 0. The Morgan fingerprint density at radius 2 is 2.04 bits per heavy atom. The minimum atomic E-state index is -4.36. The summed E-state index contributed by atoms with van der Waals surface area (Å²) in [5, 5.41) is 2.77. The summed E-state index contributed by atoms with van der Waals surface area (Å²) in [6.07, 6.45) is -0.779. The van der Waals surface area contributed by atoms with Crippen LogP contribution in [-0.2, 0) is 17.4 Å². The number of hydrogen-bond donors (Lipinski definition) is 1. The average Bonchev–Trinajstić information content (AvgIpc) is 2.64. The number of carbonyl (C=O) groups excluding carboxylic acids is 1. The zero-order chi connectivity index (χ0) is 18.7. The van der Waals surface area contributed by atoms with E-state index in [4.69, 9.17) is 0 Å². The normalized spacial score (nSPS) is 16.7. The van der Waals surface area contributed by atoms with Crippen LogP contribution in [0.5, 0.6) is 0 Å². The maximum atomic E-state index is 12.8. The Hall–Kier alpha value is -2.83. The van der Waals surface area contributed by atoms with Crippen LogP contribution in [0.1, 0.15) is 11.3 Å². The molecule has 1 N–H and O–H groups in total. The van der Waals surface area contributed by atoms with Crippen molar-refractivity contribution in [3.05, 3.63) is 66.5 Å². The Morgan fingerprint density at radius 3 is 2.69 bits per heavy atom. The third kappa shape index (κ3) is 3.87. The first-order valence-corrected chi connectivity index (χ1v) is 8.17. The largest absolute Gasteiger partial charge is 0.416 e. The molecular formula is C19H18F3N3O. The predicted octanol–water partition coefficient (Wildman–Crippen LogP) is 3.71. The zero-order valence-corrected chi connectivity index (χ0v) is 14.0. The number of fused-ring (bicyclic) bond motifs is 1. The molecule has 0 fully saturated rings. The van der Waals surface area contributed by atoms with E-state index in [1.165, 1.54) is 18.2 Å². The van der Waals surface area contributed by atoms with Gasteiger partial charge in [-0.2, -0.15) is 13.2 Å². The second-order valence-corrected chi connectivity index (χ2v) is 6.14. The van der Waals surface area contributed by atoms with Crippen LogP contribution in [0, 0.1) is 5.92 Å². The van der Waals surface area contributed by atoms with Crippen LogP contribution >= 0.6 is 0 Å². The molecule has 0 unspecified atom stereocenters. The van der Waals surface area contributed by atoms with Crippen LogP contribution in [-0.4, -0.2) is 24.0 Å². The fraction of sp³-hybridized carbons (Fsp3) is 0.263. The number of amides is 1. The van der Waals surface area contributed by atoms with Crippen LogP contribution in [0.2, 0.25) is 0 Å². The Morgan fingerprint density at radius 1 is 1.31 bits per heavy atom. The van der Waals surface area contributed by atoms with Crippen molar-refractivity contribution < 1.29 is 18.0 Å². The molecule has 0 bridgehead atoms. The first-order chi connectivity index (χ1) is 12.4. The van der Waals surface area contributed by atoms with Gasteiger partial charge in [-0.25, -0.2) is 0 Å². The van der Waals surface area contributed by atoms with Crippen molar-refractivity contribution in [3.63, 3.8) is 0 Å². The van der Waals surface area contributed by atoms with Crippen LogP contribution in [0.25, 0.3) is 0 Å². The van der Waals surface area contributed by atoms with Crippen LogP contribution in [0.3, 0.4) is 0 Å². The highest BCUT2D eigenvalue weighted by Gasteiger charge is 2.31. The van der Waals surface area contributed by atoms with E-state index in [1.54, 1.807) is 12.3 Å². The minimum Gasteiger partial charge on any atom is -0.352 e. The maximum absolute atomic E-state index is 12.8. The Kier molecular flexibility index (Phi) is 4.97. The van der Waals surface area contributed by atoms with Gasteiger partial charge in [-0.15, -0.1) is 0 Å². The number of pyridine rings is 1. The van der Waals surface area contributed by atoms with E-state index in [0.29, 0.717) is 25.2 Å². The van der Waals surface area contributed by atoms with Crippen molar-refractivity contribution in [1.29, 1.82) is 0 Å². The van der Waals surface area contributed by atoms with Crippen molar-refractivity contribution in [1.82, 2.24) is 10.3 Å². The fourth-order valence-electron chi connectivity index (χ4n) is 3.06. The first kappa shape index (κ1) is 18.0. The monoisotopic (exact) mass is 361 g/mol. The molecule has 1 amide bonds. The maximum Gasteiger partial charge on any atom is 0.416 e. The highest BCUT2D eigenvalue weighted by atomic mass is 19.4. The number of halogens is 3. The van der Waals surface area contributed by atoms with Crippen LogP contribution in [0.15, 0.2) is 55.3 Å². The summed E-state index contributed by atoms with van der Waals surface area (Å²) in [6.45, 7) is 4.44. The number of rotatable bonds is 4. The number of carbonyl (C=O) groups is 1. The summed E-state index contributed by atoms with van der Waals surface area (Å²) < 4.78 is 38.4. The van der Waals surface area contributed by atoms with E-state index in [1.807, 2.05) is 11.0 Å². The summed E-state index contributed by atoms with van der Waals surface area (Å²) in [4.78, 5) is 17.8. The SMILES string of the molecule is C=CC(=O)NC[C@@H]1Cc2ncccc2N(c2ccc(C(F)(F)F)cc2)C1. The Bertz CT molecular complexity index is 802. The third-order valence-corrected chi connectivity index (χ3v) is 4.34. The van der Waals surface area contributed by atoms with E-state index >= 15 is 0 Å². The number of nitrogens with zero attached hydrogens (tertiary/aromatic N) is 2. The van der Waals surface area contributed by atoms with Crippen molar-refractivity contribution in [2.45, 2.75) is 12.6 Å². The summed E-state index contributed by atoms with van der Waals surface area (Å²) in [7, 11) is 0. The molecule has 26 heavy (non-hydrogen) atoms. The molecule has 0 spiro atoms. The van der Waals surface area contributed by atoms with Gasteiger partial charge in [0.05, 0.1) is 16.9 Å². The molecule has 4 nitrogen and oxygen atoms in total. The number of anilines is 2. The van der Waals surface area contributed by atoms with Crippen molar-refractivity contribution >= 4 is 17.3 Å². The van der Waals surface area contributed by atoms with E-state index in [2.05, 4.69) is 16.9 Å². The molecule has 0 saturated heterocycles. The van der Waals surface area contributed by atoms with Gasteiger partial charge >= 0.3 is 6.18 Å². The molecule has 0 aliphatic carbocycles. The molecule has 0 saturated carbocycles. The van der Waals surface area contributed by atoms with Gasteiger partial charge in [0.25, 0.3) is 0 Å². The Labute approximate surface area is 149 Å². The van der Waals surface area contributed by atoms with E-state index in [0.717, 1.165) is 23.5 Å². The minimum absolute atomic E-state index is 0.0867. The molecule has 0 radical (unpaired) electrons. The van der Waals surface area contributed by atoms with Gasteiger partial charge in [-0.05, 0) is 54.8 Å². The average molecular weight is 361 g/mol. The molecule has 136 valence electrons. The van der Waals surface area contributed by atoms with Gasteiger partial charge < -0.3 is 10.2 Å². The molecule has 7 heteroatoms. The zero-order valence-electron chi connectivity index (χ0n) is 14.0. The second kappa shape index (κ2) is 7.19. The Balaban J connectivity index is 1.87. The number of hydrogen-bond acceptors (Lipinski definition) is 3. The highest BCUT2D eigenvalue weighted by Crippen LogP contribution is 2.36. The van der Waals surface area contributed by atoms with Crippen LogP contribution < -0.4 is 10.2 Å². The summed E-state index contributed by atoms with van der Waals surface area (Å²) in [5.74, 6) is -0.165. The van der Waals surface area contributed by atoms with Crippen molar-refractivity contribution in [2.24, 2.45) is 5.92 Å². The lowest BCUT2D eigenvalue weighted by molar-refractivity contribution is -0.137. The second-order valence-electron chi connectivity index (χ2n) is 6.14. The molecule has 3 rings (SSSR count). The van der Waals surface area contributed by atoms with Gasteiger partial charge in [0.2, 0.25) is 5.91 Å². The smallest absolute Gasteiger partial charge is 0.352 e. The number of alkyl halides is 3. The lowest BCUT2D eigenvalue weighted by Crippen LogP contribution is -2.39. The standard InChI is InChI=1S/C19H18F3N3O/c1-2-18(26)24-11-13-10-16-17(4-3-9-23-16)25(12-13)15-7-5-14(6-8-15)19(20,21)22/h2-9,13H,1,10-12H2,(H,24,26)/t13-/m0/s1. The van der Waals surface area contributed by atoms with E-state index in [-0.39, 0.29) is 11.8 Å². The molecule has 1 aliphatic rings. The molecule has 1 aliphatic heterocycles. The summed E-state index contributed by atoms with van der Waals surface area (Å²) in [5.41, 5.74) is 1.71. The number of benzene rings is 1. The topological polar surface area (TPSA) is 45.2 Å². The molecule has 1 aromatic carbocycles. The molecule has 2 aromatic rings. The molecule has 2 heterocycles. The number of nitrogens with one attached hydrogen (secondary N) is 1. The van der Waals surface area contributed by atoms with Crippen LogP contribution in [0.4, 0.5) is 24.5 Å². The van der Waals surface area contributed by atoms with Gasteiger partial charge in [0.1, 0.15) is 0 Å². The lowest BCUT2D eigenvalue weighted by atomic mass is 9.95. The van der Waals surface area contributed by atoms with Gasteiger partial charge in [0, 0.05) is 25.0 Å². The molecule has 1 atom stereocenters. The highest BCUT2D eigenvalue weighted by molar-refractivity contribution is 5.86. The van der Waals surface area contributed by atoms with Gasteiger partial charge in [-0.3, -0.25) is 9.78 Å². The van der Waals surface area contributed by atoms with Gasteiger partial charge in [0.15, 0.2) is 0 Å². The van der Waals surface area contributed by atoms with E-state index < -0.39 is 11.7 Å². The first-order valence-electron chi connectivity index (χ1n) is 8.17. The van der Waals surface area contributed by atoms with E-state index in [9.17, 15) is 18.0 Å². The quantitative estimate of drug-likeness (QED) is 0.845. The van der Waals surface area contributed by atoms with Crippen molar-refractivity contribution in [3.8, 4) is 0 Å². The lowest BCUT2D eigenvalue weighted by Gasteiger charge is -2.35.